The van der Waals surface area contributed by atoms with Crippen LogP contribution in [0, 0.1) is 5.82 Å². The molecule has 0 spiro atoms. The van der Waals surface area contributed by atoms with Gasteiger partial charge in [0.15, 0.2) is 17.3 Å². The SMILES string of the molecule is Nc1cc(Cl)c(Oc2cc(Br)ccc2F)c(Cl)c1. The lowest BCUT2D eigenvalue weighted by molar-refractivity contribution is 0.442. The zero-order valence-electron chi connectivity index (χ0n) is 8.88. The van der Waals surface area contributed by atoms with E-state index >= 15 is 0 Å². The first kappa shape index (κ1) is 13.5. The minimum absolute atomic E-state index is 0.0259. The van der Waals surface area contributed by atoms with Crippen molar-refractivity contribution in [3.63, 3.8) is 0 Å². The van der Waals surface area contributed by atoms with E-state index in [1.54, 1.807) is 6.07 Å². The molecule has 2 aromatic carbocycles. The van der Waals surface area contributed by atoms with E-state index < -0.39 is 5.82 Å². The van der Waals surface area contributed by atoms with Crippen LogP contribution >= 0.6 is 39.1 Å². The van der Waals surface area contributed by atoms with E-state index in [1.165, 1.54) is 24.3 Å². The molecule has 2 N–H and O–H groups in total. The molecule has 0 unspecified atom stereocenters. The third kappa shape index (κ3) is 2.88. The number of nitrogens with two attached hydrogens (primary N) is 1. The summed E-state index contributed by atoms with van der Waals surface area (Å²) in [4.78, 5) is 0. The zero-order valence-corrected chi connectivity index (χ0v) is 12.0. The smallest absolute Gasteiger partial charge is 0.165 e. The molecule has 2 nitrogen and oxygen atoms in total. The molecule has 94 valence electrons. The number of anilines is 1. The number of hydrogen-bond donors (Lipinski definition) is 1. The van der Waals surface area contributed by atoms with E-state index in [2.05, 4.69) is 15.9 Å². The van der Waals surface area contributed by atoms with Crippen molar-refractivity contribution in [1.82, 2.24) is 0 Å². The van der Waals surface area contributed by atoms with Crippen LogP contribution in [0.5, 0.6) is 11.5 Å². The molecule has 0 aliphatic carbocycles. The molecule has 0 bridgehead atoms. The number of hydrogen-bond acceptors (Lipinski definition) is 2. The summed E-state index contributed by atoms with van der Waals surface area (Å²) in [6, 6.07) is 7.29. The van der Waals surface area contributed by atoms with Gasteiger partial charge in [0.1, 0.15) is 0 Å². The van der Waals surface area contributed by atoms with Crippen molar-refractivity contribution in [3.05, 3.63) is 50.7 Å². The molecule has 0 amide bonds. The van der Waals surface area contributed by atoms with Gasteiger partial charge in [-0.3, -0.25) is 0 Å². The van der Waals surface area contributed by atoms with Crippen LogP contribution in [0.2, 0.25) is 10.0 Å². The van der Waals surface area contributed by atoms with Gasteiger partial charge in [-0.05, 0) is 30.3 Å². The van der Waals surface area contributed by atoms with Crippen LogP contribution in [0.3, 0.4) is 0 Å². The molecule has 0 saturated heterocycles. The summed E-state index contributed by atoms with van der Waals surface area (Å²) < 4.78 is 19.6. The Kier molecular flexibility index (Phi) is 4.00. The molecule has 2 rings (SSSR count). The van der Waals surface area contributed by atoms with E-state index in [1.807, 2.05) is 0 Å². The molecule has 0 aliphatic rings. The molecule has 0 saturated carbocycles. The number of nitrogen functional groups attached to an aromatic ring is 1. The van der Waals surface area contributed by atoms with Crippen molar-refractivity contribution < 1.29 is 9.13 Å². The maximum absolute atomic E-state index is 13.5. The second kappa shape index (κ2) is 5.34. The van der Waals surface area contributed by atoms with Crippen molar-refractivity contribution >= 4 is 44.8 Å². The van der Waals surface area contributed by atoms with Crippen molar-refractivity contribution in [2.75, 3.05) is 5.73 Å². The molecule has 0 atom stereocenters. The summed E-state index contributed by atoms with van der Waals surface area (Å²) in [5.41, 5.74) is 5.98. The topological polar surface area (TPSA) is 35.2 Å². The van der Waals surface area contributed by atoms with Gasteiger partial charge >= 0.3 is 0 Å². The van der Waals surface area contributed by atoms with Crippen molar-refractivity contribution in [3.8, 4) is 11.5 Å². The molecular weight excluding hydrogens is 344 g/mol. The van der Waals surface area contributed by atoms with Gasteiger partial charge in [0.2, 0.25) is 0 Å². The molecule has 18 heavy (non-hydrogen) atoms. The maximum Gasteiger partial charge on any atom is 0.165 e. The quantitative estimate of drug-likeness (QED) is 0.749. The molecule has 6 heteroatoms. The van der Waals surface area contributed by atoms with Crippen LogP contribution in [-0.2, 0) is 0 Å². The molecule has 0 heterocycles. The summed E-state index contributed by atoms with van der Waals surface area (Å²) in [5, 5.41) is 0.443. The molecule has 0 aliphatic heterocycles. The first-order valence-corrected chi connectivity index (χ1v) is 6.39. The predicted octanol–water partition coefficient (Wildman–Crippen LogP) is 5.27. The summed E-state index contributed by atoms with van der Waals surface area (Å²) in [6.45, 7) is 0. The van der Waals surface area contributed by atoms with Crippen LogP contribution in [0.25, 0.3) is 0 Å². The highest BCUT2D eigenvalue weighted by molar-refractivity contribution is 9.10. The van der Waals surface area contributed by atoms with E-state index in [-0.39, 0.29) is 21.5 Å². The van der Waals surface area contributed by atoms with Crippen molar-refractivity contribution in [2.45, 2.75) is 0 Å². The fourth-order valence-corrected chi connectivity index (χ4v) is 2.26. The van der Waals surface area contributed by atoms with E-state index in [0.717, 1.165) is 0 Å². The van der Waals surface area contributed by atoms with Crippen LogP contribution < -0.4 is 10.5 Å². The van der Waals surface area contributed by atoms with Gasteiger partial charge in [-0.25, -0.2) is 4.39 Å². The Morgan fingerprint density at radius 3 is 2.33 bits per heavy atom. The Morgan fingerprint density at radius 2 is 1.72 bits per heavy atom. The minimum Gasteiger partial charge on any atom is -0.451 e. The van der Waals surface area contributed by atoms with Crippen LogP contribution in [0.4, 0.5) is 10.1 Å². The third-order valence-electron chi connectivity index (χ3n) is 2.13. The van der Waals surface area contributed by atoms with Crippen LogP contribution in [0.1, 0.15) is 0 Å². The molecule has 0 radical (unpaired) electrons. The average molecular weight is 351 g/mol. The number of benzene rings is 2. The van der Waals surface area contributed by atoms with Gasteiger partial charge in [0, 0.05) is 10.2 Å². The Hall–Kier alpha value is -0.970. The fraction of sp³-hybridized carbons (Fsp3) is 0. The molecule has 0 fully saturated rings. The second-order valence-corrected chi connectivity index (χ2v) is 5.22. The first-order chi connectivity index (χ1) is 8.47. The second-order valence-electron chi connectivity index (χ2n) is 3.49. The Bertz CT molecular complexity index is 584. The van der Waals surface area contributed by atoms with Crippen molar-refractivity contribution in [1.29, 1.82) is 0 Å². The monoisotopic (exact) mass is 349 g/mol. The van der Waals surface area contributed by atoms with Crippen molar-refractivity contribution in [2.24, 2.45) is 0 Å². The highest BCUT2D eigenvalue weighted by atomic mass is 79.9. The lowest BCUT2D eigenvalue weighted by atomic mass is 10.3. The number of rotatable bonds is 2. The van der Waals surface area contributed by atoms with Gasteiger partial charge < -0.3 is 10.5 Å². The number of ether oxygens (including phenoxy) is 1. The zero-order chi connectivity index (χ0) is 13.3. The fourth-order valence-electron chi connectivity index (χ4n) is 1.34. The van der Waals surface area contributed by atoms with E-state index in [4.69, 9.17) is 33.7 Å². The van der Waals surface area contributed by atoms with Gasteiger partial charge in [0.25, 0.3) is 0 Å². The normalized spacial score (nSPS) is 10.4. The Balaban J connectivity index is 2.43. The van der Waals surface area contributed by atoms with E-state index in [9.17, 15) is 4.39 Å². The molecular formula is C12H7BrCl2FNO. The Morgan fingerprint density at radius 1 is 1.11 bits per heavy atom. The first-order valence-electron chi connectivity index (χ1n) is 4.85. The molecule has 0 aromatic heterocycles. The van der Waals surface area contributed by atoms with Gasteiger partial charge in [0.05, 0.1) is 10.0 Å². The Labute approximate surface area is 122 Å². The lowest BCUT2D eigenvalue weighted by Gasteiger charge is -2.11. The predicted molar refractivity (Wildman–Crippen MR) is 75.0 cm³/mol. The standard InChI is InChI=1S/C12H7BrCl2FNO/c13-6-1-2-10(16)11(3-6)18-12-8(14)4-7(17)5-9(12)15/h1-5H,17H2. The van der Waals surface area contributed by atoms with Gasteiger partial charge in [-0.15, -0.1) is 0 Å². The summed E-state index contributed by atoms with van der Waals surface area (Å²) in [5.74, 6) is -0.315. The maximum atomic E-state index is 13.5. The molecule has 2 aromatic rings. The summed E-state index contributed by atoms with van der Waals surface area (Å²) in [7, 11) is 0. The largest absolute Gasteiger partial charge is 0.451 e. The van der Waals surface area contributed by atoms with Crippen LogP contribution in [0.15, 0.2) is 34.8 Å². The van der Waals surface area contributed by atoms with E-state index in [0.29, 0.717) is 10.2 Å². The lowest BCUT2D eigenvalue weighted by Crippen LogP contribution is -1.92. The number of halogens is 4. The minimum atomic E-state index is -0.512. The van der Waals surface area contributed by atoms with Crippen LogP contribution in [-0.4, -0.2) is 0 Å². The highest BCUT2D eigenvalue weighted by Gasteiger charge is 2.12. The summed E-state index contributed by atoms with van der Waals surface area (Å²) >= 11 is 15.1. The summed E-state index contributed by atoms with van der Waals surface area (Å²) in [6.07, 6.45) is 0. The average Bonchev–Trinajstić information content (AvgIpc) is 2.28. The highest BCUT2D eigenvalue weighted by Crippen LogP contribution is 2.39. The van der Waals surface area contributed by atoms with Gasteiger partial charge in [-0.1, -0.05) is 39.1 Å². The third-order valence-corrected chi connectivity index (χ3v) is 3.18. The van der Waals surface area contributed by atoms with Gasteiger partial charge in [-0.2, -0.15) is 0 Å².